The maximum Gasteiger partial charge on any atom is 0.439 e. The molecule has 3 rings (SSSR count). The van der Waals surface area contributed by atoms with Crippen LogP contribution < -0.4 is 14.2 Å². The molecule has 0 saturated carbocycles. The molecule has 0 bridgehead atoms. The highest BCUT2D eigenvalue weighted by atomic mass is 16.7. The van der Waals surface area contributed by atoms with Gasteiger partial charge in [-0.05, 0) is 65.8 Å². The van der Waals surface area contributed by atoms with Crippen LogP contribution in [0.25, 0.3) is 0 Å². The molecule has 0 aliphatic heterocycles. The minimum absolute atomic E-state index is 0.0496. The summed E-state index contributed by atoms with van der Waals surface area (Å²) in [4.78, 5) is 55.0. The Morgan fingerprint density at radius 2 is 1.31 bits per heavy atom. The molecule has 240 valence electrons. The number of carbonyl (C=O) groups is 4. The van der Waals surface area contributed by atoms with E-state index in [0.717, 1.165) is 16.1 Å². The third-order valence-electron chi connectivity index (χ3n) is 6.66. The average molecular weight is 623 g/mol. The van der Waals surface area contributed by atoms with Gasteiger partial charge in [0, 0.05) is 28.8 Å². The van der Waals surface area contributed by atoms with E-state index in [4.69, 9.17) is 23.7 Å². The molecule has 1 N–H and O–H groups in total. The van der Waals surface area contributed by atoms with E-state index in [2.05, 4.69) is 0 Å². The van der Waals surface area contributed by atoms with Crippen molar-refractivity contribution in [2.24, 2.45) is 0 Å². The van der Waals surface area contributed by atoms with E-state index in [1.807, 2.05) is 19.9 Å². The Balaban J connectivity index is 2.04. The van der Waals surface area contributed by atoms with Crippen molar-refractivity contribution in [3.63, 3.8) is 0 Å². The first-order valence-corrected chi connectivity index (χ1v) is 13.8. The van der Waals surface area contributed by atoms with Gasteiger partial charge in [-0.1, -0.05) is 23.3 Å². The number of nitrogens with zero attached hydrogens (tertiary/aromatic N) is 2. The number of hydrazine groups is 1. The molecule has 3 amide bonds. The number of phenols is 1. The summed E-state index contributed by atoms with van der Waals surface area (Å²) in [5.41, 5.74) is 1.06. The van der Waals surface area contributed by atoms with Crippen LogP contribution in [0.5, 0.6) is 23.0 Å². The lowest BCUT2D eigenvalue weighted by Gasteiger charge is -2.41. The van der Waals surface area contributed by atoms with Crippen molar-refractivity contribution in [2.45, 2.75) is 47.1 Å². The molecule has 0 heterocycles. The van der Waals surface area contributed by atoms with E-state index in [1.54, 1.807) is 52.0 Å². The van der Waals surface area contributed by atoms with Crippen LogP contribution in [0.3, 0.4) is 0 Å². The molecule has 0 unspecified atom stereocenters. The molecule has 0 aromatic heterocycles. The number of imide groups is 1. The number of aryl methyl sites for hydroxylation is 2. The van der Waals surface area contributed by atoms with Crippen molar-refractivity contribution >= 4 is 23.9 Å². The van der Waals surface area contributed by atoms with Crippen molar-refractivity contribution < 1.29 is 48.0 Å². The molecule has 45 heavy (non-hydrogen) atoms. The van der Waals surface area contributed by atoms with Gasteiger partial charge in [-0.3, -0.25) is 9.59 Å². The highest BCUT2D eigenvalue weighted by Gasteiger charge is 2.42. The molecule has 12 nitrogen and oxygen atoms in total. The average Bonchev–Trinajstić information content (AvgIpc) is 2.97. The number of phenolic OH excluding ortho intramolecular Hbond substituents is 1. The van der Waals surface area contributed by atoms with Crippen molar-refractivity contribution in [1.82, 2.24) is 10.0 Å². The van der Waals surface area contributed by atoms with Crippen molar-refractivity contribution in [3.8, 4) is 23.0 Å². The van der Waals surface area contributed by atoms with Gasteiger partial charge >= 0.3 is 12.1 Å². The lowest BCUT2D eigenvalue weighted by molar-refractivity contribution is -0.0586. The summed E-state index contributed by atoms with van der Waals surface area (Å²) in [7, 11) is 4.01. The molecule has 0 radical (unpaired) electrons. The molecule has 0 atom stereocenters. The zero-order valence-electron chi connectivity index (χ0n) is 26.8. The Morgan fingerprint density at radius 1 is 0.756 bits per heavy atom. The number of esters is 1. The number of methoxy groups -OCH3 is 3. The molecule has 12 heteroatoms. The standard InChI is InChI=1S/C33H38N2O10/c1-19-13-20(2)15-22(14-19)29(37)35(33(4,5)6)34(30(38)24-11-10-12-25(41-7)21(24)3)32(40)45-18-44-31(39)28-26(42-8)16-23(36)17-27(28)43-9/h10-17,36H,18H2,1-9H3. The largest absolute Gasteiger partial charge is 0.508 e. The molecule has 3 aromatic rings. The van der Waals surface area contributed by atoms with E-state index in [1.165, 1.54) is 39.5 Å². The minimum atomic E-state index is -1.28. The number of amides is 3. The number of ether oxygens (including phenoxy) is 5. The van der Waals surface area contributed by atoms with Crippen LogP contribution >= 0.6 is 0 Å². The lowest BCUT2D eigenvalue weighted by Crippen LogP contribution is -2.60. The van der Waals surface area contributed by atoms with Crippen LogP contribution in [-0.2, 0) is 9.47 Å². The van der Waals surface area contributed by atoms with E-state index in [0.29, 0.717) is 16.3 Å². The fourth-order valence-corrected chi connectivity index (χ4v) is 4.72. The monoisotopic (exact) mass is 622 g/mol. The van der Waals surface area contributed by atoms with Crippen molar-refractivity contribution in [1.29, 1.82) is 0 Å². The van der Waals surface area contributed by atoms with Gasteiger partial charge in [-0.25, -0.2) is 14.6 Å². The summed E-state index contributed by atoms with van der Waals surface area (Å²) in [5, 5.41) is 11.5. The van der Waals surface area contributed by atoms with Crippen LogP contribution in [-0.4, -0.2) is 72.7 Å². The molecule has 0 aliphatic rings. The van der Waals surface area contributed by atoms with Gasteiger partial charge in [-0.2, -0.15) is 0 Å². The Kier molecular flexibility index (Phi) is 10.7. The Hall–Kier alpha value is -5.26. The fraction of sp³-hybridized carbons (Fsp3) is 0.333. The van der Waals surface area contributed by atoms with Crippen LogP contribution in [0.15, 0.2) is 48.5 Å². The molecule has 0 fully saturated rings. The Morgan fingerprint density at radius 3 is 1.82 bits per heavy atom. The maximum atomic E-state index is 14.2. The fourth-order valence-electron chi connectivity index (χ4n) is 4.72. The van der Waals surface area contributed by atoms with Crippen LogP contribution in [0.4, 0.5) is 4.79 Å². The molecule has 0 saturated heterocycles. The van der Waals surface area contributed by atoms with E-state index in [9.17, 15) is 24.3 Å². The zero-order valence-corrected chi connectivity index (χ0v) is 26.8. The summed E-state index contributed by atoms with van der Waals surface area (Å²) in [6.45, 7) is 9.32. The summed E-state index contributed by atoms with van der Waals surface area (Å²) in [5.74, 6) is -2.45. The van der Waals surface area contributed by atoms with Gasteiger partial charge < -0.3 is 28.8 Å². The number of carbonyl (C=O) groups excluding carboxylic acids is 4. The third-order valence-corrected chi connectivity index (χ3v) is 6.66. The van der Waals surface area contributed by atoms with Crippen molar-refractivity contribution in [2.75, 3.05) is 28.1 Å². The highest BCUT2D eigenvalue weighted by Crippen LogP contribution is 2.34. The summed E-state index contributed by atoms with van der Waals surface area (Å²) < 4.78 is 26.2. The summed E-state index contributed by atoms with van der Waals surface area (Å²) >= 11 is 0. The smallest absolute Gasteiger partial charge is 0.439 e. The summed E-state index contributed by atoms with van der Waals surface area (Å²) in [6.07, 6.45) is -1.28. The SMILES string of the molecule is COc1cccc(C(=O)N(C(=O)OCOC(=O)c2c(OC)cc(O)cc2OC)N(C(=O)c2cc(C)cc(C)c2)C(C)(C)C)c1C. The molecule has 3 aromatic carbocycles. The predicted molar refractivity (Wildman–Crippen MR) is 164 cm³/mol. The molecule has 0 aliphatic carbocycles. The molecular formula is C33H38N2O10. The second-order valence-electron chi connectivity index (χ2n) is 11.1. The zero-order chi connectivity index (χ0) is 33.6. The third kappa shape index (κ3) is 7.64. The lowest BCUT2D eigenvalue weighted by atomic mass is 10.0. The van der Waals surface area contributed by atoms with E-state index in [-0.39, 0.29) is 33.9 Å². The topological polar surface area (TPSA) is 141 Å². The minimum Gasteiger partial charge on any atom is -0.508 e. The van der Waals surface area contributed by atoms with Gasteiger partial charge in [0.15, 0.2) is 0 Å². The van der Waals surface area contributed by atoms with Gasteiger partial charge in [0.2, 0.25) is 6.79 Å². The van der Waals surface area contributed by atoms with Crippen LogP contribution in [0, 0.1) is 20.8 Å². The van der Waals surface area contributed by atoms with Crippen molar-refractivity contribution in [3.05, 3.63) is 81.9 Å². The summed E-state index contributed by atoms with van der Waals surface area (Å²) in [6, 6.07) is 12.3. The van der Waals surface area contributed by atoms with Gasteiger partial charge in [0.25, 0.3) is 11.8 Å². The Labute approximate surface area is 262 Å². The number of aromatic hydroxyl groups is 1. The number of benzene rings is 3. The van der Waals surface area contributed by atoms with Gasteiger partial charge in [0.05, 0.1) is 26.9 Å². The highest BCUT2D eigenvalue weighted by molar-refractivity contribution is 6.07. The Bertz CT molecular complexity index is 1560. The van der Waals surface area contributed by atoms with Crippen LogP contribution in [0.1, 0.15) is 68.5 Å². The quantitative estimate of drug-likeness (QED) is 0.192. The first kappa shape index (κ1) is 34.2. The number of hydrogen-bond acceptors (Lipinski definition) is 10. The van der Waals surface area contributed by atoms with E-state index >= 15 is 0 Å². The first-order valence-electron chi connectivity index (χ1n) is 13.8. The first-order chi connectivity index (χ1) is 21.1. The van der Waals surface area contributed by atoms with Gasteiger partial charge in [0.1, 0.15) is 28.6 Å². The molecule has 0 spiro atoms. The number of hydrogen-bond donors (Lipinski definition) is 1. The maximum absolute atomic E-state index is 14.2. The molecular weight excluding hydrogens is 584 g/mol. The number of rotatable bonds is 8. The second-order valence-corrected chi connectivity index (χ2v) is 11.1. The van der Waals surface area contributed by atoms with Crippen LogP contribution in [0.2, 0.25) is 0 Å². The van der Waals surface area contributed by atoms with Gasteiger partial charge in [-0.15, -0.1) is 5.01 Å². The predicted octanol–water partition coefficient (Wildman–Crippen LogP) is 5.59. The normalized spacial score (nSPS) is 10.9. The second kappa shape index (κ2) is 14.0. The van der Waals surface area contributed by atoms with E-state index < -0.39 is 36.2 Å².